The topological polar surface area (TPSA) is 40.2 Å². The smallest absolute Gasteiger partial charge is 0.176 e. The van der Waals surface area contributed by atoms with E-state index in [1.807, 2.05) is 0 Å². The third kappa shape index (κ3) is 4.19. The van der Waals surface area contributed by atoms with Crippen LogP contribution in [0.15, 0.2) is 24.3 Å². The van der Waals surface area contributed by atoms with Crippen molar-refractivity contribution in [2.45, 2.75) is 131 Å². The van der Waals surface area contributed by atoms with Crippen molar-refractivity contribution in [3.05, 3.63) is 41.2 Å². The van der Waals surface area contributed by atoms with Crippen molar-refractivity contribution in [1.82, 2.24) is 9.90 Å². The van der Waals surface area contributed by atoms with Crippen LogP contribution in [0.4, 0.5) is 0 Å². The van der Waals surface area contributed by atoms with Gasteiger partial charge < -0.3 is 33.5 Å². The normalized spacial score (nSPS) is 42.8. The Labute approximate surface area is 296 Å². The van der Waals surface area contributed by atoms with Crippen LogP contribution in [-0.2, 0) is 36.6 Å². The predicted molar refractivity (Wildman–Crippen MR) is 178 cm³/mol. The second-order valence-electron chi connectivity index (χ2n) is 18.8. The van der Waals surface area contributed by atoms with E-state index in [0.717, 1.165) is 49.5 Å². The molecule has 0 unspecified atom stereocenters. The predicted octanol–water partition coefficient (Wildman–Crippen LogP) is 4.87. The first kappa shape index (κ1) is 33.4. The Morgan fingerprint density at radius 2 is 1.65 bits per heavy atom. The van der Waals surface area contributed by atoms with E-state index in [2.05, 4.69) is 89.1 Å². The molecule has 2 bridgehead atoms. The van der Waals surface area contributed by atoms with Gasteiger partial charge >= 0.3 is 0 Å². The minimum atomic E-state index is 0. The monoisotopic (exact) mass is 741 g/mol. The van der Waals surface area contributed by atoms with Gasteiger partial charge in [-0.1, -0.05) is 66.7 Å². The van der Waals surface area contributed by atoms with E-state index in [1.54, 1.807) is 7.11 Å². The fraction of sp³-hybridized carbons (Fsp3) is 0.800. The minimum absolute atomic E-state index is 0. The summed E-state index contributed by atoms with van der Waals surface area (Å²) in [6, 6.07) is 8.47. The summed E-state index contributed by atoms with van der Waals surface area (Å²) in [6.45, 7) is 20.3. The maximum atomic E-state index is 6.82. The maximum absolute atomic E-state index is 6.82. The zero-order valence-electron chi connectivity index (χ0n) is 30.2. The molecule has 1 aromatic carbocycles. The van der Waals surface area contributed by atoms with Crippen molar-refractivity contribution in [2.75, 3.05) is 13.7 Å². The molecule has 6 aliphatic rings. The van der Waals surface area contributed by atoms with E-state index in [-0.39, 0.29) is 34.8 Å². The minimum Gasteiger partial charge on any atom is -1.00 e. The summed E-state index contributed by atoms with van der Waals surface area (Å²) in [7, 11) is 3.99. The molecule has 0 N–H and O–H groups in total. The van der Waals surface area contributed by atoms with Gasteiger partial charge in [0.1, 0.15) is 19.3 Å². The number of rotatable bonds is 4. The molecule has 1 aliphatic heterocycles. The summed E-state index contributed by atoms with van der Waals surface area (Å²) in [5, 5.41) is 5.21. The van der Waals surface area contributed by atoms with Crippen molar-refractivity contribution in [2.24, 2.45) is 57.8 Å². The SMILES string of the molecule is COc1ccccc1CC[n+]1nn(C)c2c1C(C)(C)[C@@H]1CC[C@]3(C)[C@H](CC[C@@H]4[C@H]5[C@H]6OC[C@@]5(CCC6(C)C)CC[C@]43C)[C@@]1(C)C2.[I-]. The molecule has 6 heteroatoms. The molecule has 4 saturated carbocycles. The maximum Gasteiger partial charge on any atom is 0.176 e. The van der Waals surface area contributed by atoms with Gasteiger partial charge in [-0.25, -0.2) is 0 Å². The molecule has 2 heterocycles. The molecule has 9 atom stereocenters. The number of para-hydroxylation sites is 1. The first-order valence-electron chi connectivity index (χ1n) is 18.4. The second kappa shape index (κ2) is 10.7. The Balaban J connectivity index is 0.00000338. The number of halogens is 1. The molecule has 46 heavy (non-hydrogen) atoms. The molecule has 1 aromatic heterocycles. The average Bonchev–Trinajstić information content (AvgIpc) is 3.50. The number of aryl methyl sites for hydroxylation is 3. The van der Waals surface area contributed by atoms with Crippen LogP contribution in [0.2, 0.25) is 0 Å². The highest BCUT2D eigenvalue weighted by atomic mass is 127. The molecule has 5 aliphatic carbocycles. The molecular weight excluding hydrogens is 681 g/mol. The first-order valence-corrected chi connectivity index (χ1v) is 18.4. The van der Waals surface area contributed by atoms with Gasteiger partial charge in [0.15, 0.2) is 11.4 Å². The van der Waals surface area contributed by atoms with E-state index >= 15 is 0 Å². The highest BCUT2D eigenvalue weighted by Gasteiger charge is 2.73. The van der Waals surface area contributed by atoms with Gasteiger partial charge in [0.05, 0.1) is 25.0 Å². The van der Waals surface area contributed by atoms with Gasteiger partial charge in [0, 0.05) is 18.3 Å². The Morgan fingerprint density at radius 1 is 0.913 bits per heavy atom. The molecule has 8 rings (SSSR count). The Kier molecular flexibility index (Phi) is 7.74. The molecule has 1 saturated heterocycles. The highest BCUT2D eigenvalue weighted by Crippen LogP contribution is 2.77. The van der Waals surface area contributed by atoms with Crippen LogP contribution in [0, 0.1) is 50.7 Å². The zero-order valence-corrected chi connectivity index (χ0v) is 32.4. The van der Waals surface area contributed by atoms with Crippen molar-refractivity contribution in [3.8, 4) is 5.75 Å². The lowest BCUT2D eigenvalue weighted by Gasteiger charge is -2.72. The lowest BCUT2D eigenvalue weighted by Crippen LogP contribution is -3.00. The summed E-state index contributed by atoms with van der Waals surface area (Å²) in [5.41, 5.74) is 6.13. The van der Waals surface area contributed by atoms with Gasteiger partial charge in [-0.3, -0.25) is 0 Å². The third-order valence-corrected chi connectivity index (χ3v) is 16.4. The van der Waals surface area contributed by atoms with Crippen molar-refractivity contribution >= 4 is 0 Å². The number of nitrogens with zero attached hydrogens (tertiary/aromatic N) is 3. The Hall–Kier alpha value is -1.15. The molecule has 0 spiro atoms. The molecule has 5 fully saturated rings. The average molecular weight is 742 g/mol. The Bertz CT molecular complexity index is 1520. The van der Waals surface area contributed by atoms with Crippen molar-refractivity contribution < 1.29 is 38.1 Å². The molecule has 2 aromatic rings. The van der Waals surface area contributed by atoms with Crippen LogP contribution < -0.4 is 33.4 Å². The van der Waals surface area contributed by atoms with E-state index < -0.39 is 0 Å². The first-order chi connectivity index (χ1) is 21.2. The number of fused-ring (bicyclic) bond motifs is 6. The van der Waals surface area contributed by atoms with E-state index in [0.29, 0.717) is 33.7 Å². The number of hydrogen-bond acceptors (Lipinski definition) is 3. The summed E-state index contributed by atoms with van der Waals surface area (Å²) < 4.78 is 17.1. The van der Waals surface area contributed by atoms with E-state index in [4.69, 9.17) is 14.7 Å². The van der Waals surface area contributed by atoms with Gasteiger partial charge in [-0.15, -0.1) is 9.36 Å². The third-order valence-electron chi connectivity index (χ3n) is 16.4. The summed E-state index contributed by atoms with van der Waals surface area (Å²) in [5.74, 6) is 3.96. The summed E-state index contributed by atoms with van der Waals surface area (Å²) in [4.78, 5) is 0. The van der Waals surface area contributed by atoms with Gasteiger partial charge in [-0.05, 0) is 114 Å². The zero-order chi connectivity index (χ0) is 31.8. The van der Waals surface area contributed by atoms with Crippen molar-refractivity contribution in [1.29, 1.82) is 0 Å². The van der Waals surface area contributed by atoms with Gasteiger partial charge in [-0.2, -0.15) is 0 Å². The van der Waals surface area contributed by atoms with Crippen LogP contribution in [0.3, 0.4) is 0 Å². The number of aromatic nitrogens is 3. The Morgan fingerprint density at radius 3 is 2.41 bits per heavy atom. The number of hydrogen-bond donors (Lipinski definition) is 0. The fourth-order valence-corrected chi connectivity index (χ4v) is 14.1. The second-order valence-corrected chi connectivity index (χ2v) is 18.8. The summed E-state index contributed by atoms with van der Waals surface area (Å²) in [6.07, 6.45) is 13.6. The fourth-order valence-electron chi connectivity index (χ4n) is 14.1. The molecule has 0 radical (unpaired) electrons. The van der Waals surface area contributed by atoms with Gasteiger partial charge in [0.25, 0.3) is 0 Å². The molecular formula is C40H60IN3O2. The van der Waals surface area contributed by atoms with Crippen molar-refractivity contribution in [3.63, 3.8) is 0 Å². The van der Waals surface area contributed by atoms with Crippen LogP contribution in [0.5, 0.6) is 5.75 Å². The number of ether oxygens (including phenoxy) is 2. The largest absolute Gasteiger partial charge is 1.00 e. The highest BCUT2D eigenvalue weighted by molar-refractivity contribution is 5.33. The molecule has 254 valence electrons. The van der Waals surface area contributed by atoms with Crippen LogP contribution in [0.25, 0.3) is 0 Å². The number of benzene rings is 1. The lowest BCUT2D eigenvalue weighted by molar-refractivity contribution is -0.764. The standard InChI is InChI=1S/C40H60N3O2.HI/c1-35(2)19-21-40-22-20-38(6)27(32(40)34(35)45-25-40)14-15-31-37(5)24-28-33(36(3,4)30(37)16-18-39(31,38)7)43(41-42(28)8)23-17-26-12-10-11-13-29(26)44-9;/h10-13,27,30-32,34H,14-25H2,1-9H3;1H/q+1;/p-1/t27-,30+,31-,32+,34-,37+,38-,39-,40-;/m1./s1. The van der Waals surface area contributed by atoms with E-state index in [1.165, 1.54) is 68.3 Å². The van der Waals surface area contributed by atoms with Crippen LogP contribution >= 0.6 is 0 Å². The van der Waals surface area contributed by atoms with E-state index in [9.17, 15) is 0 Å². The van der Waals surface area contributed by atoms with Crippen LogP contribution in [-0.4, -0.2) is 29.7 Å². The van der Waals surface area contributed by atoms with Crippen LogP contribution in [0.1, 0.15) is 117 Å². The molecule has 5 nitrogen and oxygen atoms in total. The lowest BCUT2D eigenvalue weighted by atomic mass is 9.31. The number of methoxy groups -OCH3 is 1. The summed E-state index contributed by atoms with van der Waals surface area (Å²) >= 11 is 0. The van der Waals surface area contributed by atoms with Gasteiger partial charge in [0.2, 0.25) is 0 Å². The molecule has 0 amide bonds. The quantitative estimate of drug-likeness (QED) is 0.332.